The molecule has 45 heavy (non-hydrogen) atoms. The van der Waals surface area contributed by atoms with Gasteiger partial charge in [0.15, 0.2) is 0 Å². The van der Waals surface area contributed by atoms with Crippen molar-refractivity contribution in [3.8, 4) is 11.8 Å². The molecular weight excluding hydrogens is 588 g/mol. The SMILES string of the molecule is CC#CC(=O)N1CCC(F)C1.CC1CC(c2nncn2C)C1.CNCc1cc2c(c(C(F)(F)F)c1)CN(c1ccccc1)C2=O. The van der Waals surface area contributed by atoms with Crippen LogP contribution in [0.2, 0.25) is 0 Å². The number of likely N-dealkylation sites (tertiary alicyclic amines) is 1. The number of aromatic nitrogens is 3. The highest BCUT2D eigenvalue weighted by Crippen LogP contribution is 2.40. The number of halogens is 4. The average Bonchev–Trinajstić information content (AvgIpc) is 3.71. The van der Waals surface area contributed by atoms with Gasteiger partial charge < -0.3 is 19.7 Å². The van der Waals surface area contributed by atoms with Crippen molar-refractivity contribution in [2.45, 2.75) is 64.5 Å². The molecule has 12 heteroatoms. The fraction of sp³-hybridized carbons (Fsp3) is 0.455. The van der Waals surface area contributed by atoms with Crippen LogP contribution in [0.15, 0.2) is 48.8 Å². The van der Waals surface area contributed by atoms with Crippen molar-refractivity contribution >= 4 is 17.5 Å². The number of rotatable bonds is 4. The molecule has 1 saturated heterocycles. The van der Waals surface area contributed by atoms with Crippen LogP contribution in [0, 0.1) is 17.8 Å². The standard InChI is InChI=1S/C17H15F3N2O.C8H10FNO.C8H13N3/c1-21-9-11-7-13-14(15(8-11)17(18,19)20)10-22(16(13)23)12-5-3-2-4-6-12;1-2-3-8(11)10-5-4-7(9)6-10;1-6-3-7(4-6)8-10-9-5-11(8)2/h2-8,21H,9-10H2,1H3;7H,4-6H2,1H3;5-7H,3-4H2,1-2H3. The molecule has 2 aliphatic heterocycles. The summed E-state index contributed by atoms with van der Waals surface area (Å²) in [5.41, 5.74) is 0.492. The summed E-state index contributed by atoms with van der Waals surface area (Å²) in [5.74, 6) is 6.94. The maximum atomic E-state index is 13.4. The molecule has 0 spiro atoms. The quantitative estimate of drug-likeness (QED) is 0.306. The van der Waals surface area contributed by atoms with Crippen molar-refractivity contribution in [1.29, 1.82) is 0 Å². The predicted octanol–water partition coefficient (Wildman–Crippen LogP) is 5.49. The number of benzene rings is 2. The third-order valence-electron chi connectivity index (χ3n) is 7.99. The number of aryl methyl sites for hydroxylation is 1. The number of nitrogens with zero attached hydrogens (tertiary/aromatic N) is 5. The zero-order valence-corrected chi connectivity index (χ0v) is 25.9. The van der Waals surface area contributed by atoms with Crippen molar-refractivity contribution in [2.75, 3.05) is 25.0 Å². The number of amides is 2. The molecule has 3 aromatic rings. The Morgan fingerprint density at radius 2 is 1.87 bits per heavy atom. The molecule has 2 amide bonds. The Kier molecular flexibility index (Phi) is 11.0. The topological polar surface area (TPSA) is 83.4 Å². The summed E-state index contributed by atoms with van der Waals surface area (Å²) in [4.78, 5) is 26.4. The third kappa shape index (κ3) is 8.28. The second-order valence-corrected chi connectivity index (χ2v) is 11.5. The van der Waals surface area contributed by atoms with Crippen molar-refractivity contribution in [3.63, 3.8) is 0 Å². The smallest absolute Gasteiger partial charge is 0.329 e. The number of fused-ring (bicyclic) bond motifs is 1. The Hall–Kier alpha value is -4.24. The fourth-order valence-corrected chi connectivity index (χ4v) is 5.71. The van der Waals surface area contributed by atoms with E-state index in [1.807, 2.05) is 11.6 Å². The number of carbonyl (C=O) groups is 2. The van der Waals surface area contributed by atoms with Gasteiger partial charge in [0.05, 0.1) is 18.7 Å². The zero-order valence-electron chi connectivity index (χ0n) is 25.9. The van der Waals surface area contributed by atoms with Crippen molar-refractivity contribution in [2.24, 2.45) is 13.0 Å². The second kappa shape index (κ2) is 14.7. The summed E-state index contributed by atoms with van der Waals surface area (Å²) in [6.45, 7) is 4.82. The van der Waals surface area contributed by atoms with Gasteiger partial charge in [-0.15, -0.1) is 10.2 Å². The lowest BCUT2D eigenvalue weighted by Crippen LogP contribution is -2.27. The van der Waals surface area contributed by atoms with Gasteiger partial charge in [-0.25, -0.2) is 4.39 Å². The number of hydrogen-bond acceptors (Lipinski definition) is 5. The van der Waals surface area contributed by atoms with Gasteiger partial charge >= 0.3 is 6.18 Å². The lowest BCUT2D eigenvalue weighted by atomic mass is 9.76. The molecule has 1 aromatic heterocycles. The molecule has 8 nitrogen and oxygen atoms in total. The van der Waals surface area contributed by atoms with Crippen LogP contribution in [-0.2, 0) is 31.1 Å². The molecule has 1 N–H and O–H groups in total. The molecule has 0 bridgehead atoms. The van der Waals surface area contributed by atoms with E-state index in [9.17, 15) is 27.2 Å². The van der Waals surface area contributed by atoms with Gasteiger partial charge in [0.1, 0.15) is 18.3 Å². The van der Waals surface area contributed by atoms with E-state index in [4.69, 9.17) is 0 Å². The van der Waals surface area contributed by atoms with Gasteiger partial charge in [-0.3, -0.25) is 9.59 Å². The van der Waals surface area contributed by atoms with Crippen molar-refractivity contribution in [1.82, 2.24) is 25.0 Å². The molecule has 240 valence electrons. The minimum absolute atomic E-state index is 0.0474. The molecule has 2 fully saturated rings. The number of carbonyl (C=O) groups excluding carboxylic acids is 2. The zero-order chi connectivity index (χ0) is 32.7. The van der Waals surface area contributed by atoms with E-state index in [2.05, 4.69) is 34.3 Å². The van der Waals surface area contributed by atoms with E-state index >= 15 is 0 Å². The highest BCUT2D eigenvalue weighted by molar-refractivity contribution is 6.10. The first-order chi connectivity index (χ1) is 21.4. The largest absolute Gasteiger partial charge is 0.416 e. The number of nitrogens with one attached hydrogen (secondary N) is 1. The summed E-state index contributed by atoms with van der Waals surface area (Å²) in [6.07, 6.45) is -0.535. The van der Waals surface area contributed by atoms with Crippen molar-refractivity contribution in [3.05, 3.63) is 76.9 Å². The minimum atomic E-state index is -4.49. The molecule has 3 heterocycles. The van der Waals surface area contributed by atoms with E-state index in [1.165, 1.54) is 22.6 Å². The highest BCUT2D eigenvalue weighted by atomic mass is 19.4. The van der Waals surface area contributed by atoms with Crippen molar-refractivity contribution < 1.29 is 27.2 Å². The van der Waals surface area contributed by atoms with Crippen LogP contribution in [-0.4, -0.2) is 57.8 Å². The summed E-state index contributed by atoms with van der Waals surface area (Å²) in [7, 11) is 3.66. The Bertz CT molecular complexity index is 1540. The predicted molar refractivity (Wildman–Crippen MR) is 163 cm³/mol. The fourth-order valence-electron chi connectivity index (χ4n) is 5.71. The molecule has 0 radical (unpaired) electrons. The summed E-state index contributed by atoms with van der Waals surface area (Å²) >= 11 is 0. The first-order valence-corrected chi connectivity index (χ1v) is 14.9. The van der Waals surface area contributed by atoms with E-state index < -0.39 is 23.8 Å². The summed E-state index contributed by atoms with van der Waals surface area (Å²) in [6, 6.07) is 11.4. The summed E-state index contributed by atoms with van der Waals surface area (Å²) < 4.78 is 54.7. The second-order valence-electron chi connectivity index (χ2n) is 11.5. The first kappa shape index (κ1) is 33.6. The first-order valence-electron chi connectivity index (χ1n) is 14.9. The monoisotopic (exact) mass is 626 g/mol. The van der Waals surface area contributed by atoms with Gasteiger partial charge in [-0.2, -0.15) is 13.2 Å². The van der Waals surface area contributed by atoms with Crippen LogP contribution in [0.3, 0.4) is 0 Å². The van der Waals surface area contributed by atoms with Crippen LogP contribution in [0.4, 0.5) is 23.2 Å². The van der Waals surface area contributed by atoms with E-state index in [1.54, 1.807) is 56.7 Å². The molecule has 1 atom stereocenters. The molecule has 1 aliphatic carbocycles. The maximum absolute atomic E-state index is 13.4. The van der Waals surface area contributed by atoms with Gasteiger partial charge in [0.25, 0.3) is 11.8 Å². The van der Waals surface area contributed by atoms with Gasteiger partial charge in [-0.1, -0.05) is 31.0 Å². The Balaban J connectivity index is 0.000000174. The third-order valence-corrected chi connectivity index (χ3v) is 7.99. The van der Waals surface area contributed by atoms with Crippen LogP contribution < -0.4 is 10.2 Å². The Morgan fingerprint density at radius 1 is 1.16 bits per heavy atom. The summed E-state index contributed by atoms with van der Waals surface area (Å²) in [5, 5.41) is 10.8. The van der Waals surface area contributed by atoms with E-state index in [-0.39, 0.29) is 36.7 Å². The Labute approximate surface area is 260 Å². The minimum Gasteiger partial charge on any atom is -0.329 e. The lowest BCUT2D eigenvalue weighted by Gasteiger charge is -2.31. The normalized spacial score (nSPS) is 20.2. The van der Waals surface area contributed by atoms with Crippen LogP contribution in [0.5, 0.6) is 0 Å². The van der Waals surface area contributed by atoms with E-state index in [0.29, 0.717) is 30.1 Å². The number of para-hydroxylation sites is 1. The number of hydrogen-bond donors (Lipinski definition) is 1. The molecule has 1 unspecified atom stereocenters. The molecule has 6 rings (SSSR count). The van der Waals surface area contributed by atoms with Gasteiger partial charge in [0.2, 0.25) is 0 Å². The molecule has 1 saturated carbocycles. The highest BCUT2D eigenvalue weighted by Gasteiger charge is 2.40. The van der Waals surface area contributed by atoms with Gasteiger partial charge in [-0.05, 0) is 80.5 Å². The van der Waals surface area contributed by atoms with Gasteiger partial charge in [0, 0.05) is 37.3 Å². The number of alkyl halides is 4. The van der Waals surface area contributed by atoms with Crippen LogP contribution in [0.1, 0.15) is 71.9 Å². The lowest BCUT2D eigenvalue weighted by molar-refractivity contribution is -0.138. The van der Waals surface area contributed by atoms with Crippen LogP contribution in [0.25, 0.3) is 0 Å². The molecular formula is C33H38F4N6O2. The van der Waals surface area contributed by atoms with E-state index in [0.717, 1.165) is 17.8 Å². The maximum Gasteiger partial charge on any atom is 0.416 e. The average molecular weight is 627 g/mol. The molecule has 2 aromatic carbocycles. The number of anilines is 1. The Morgan fingerprint density at radius 3 is 2.40 bits per heavy atom. The van der Waals surface area contributed by atoms with Crippen LogP contribution >= 0.6 is 0 Å². The molecule has 3 aliphatic rings.